The Morgan fingerprint density at radius 3 is 2.40 bits per heavy atom. The number of aromatic nitrogens is 2. The molecule has 0 aliphatic carbocycles. The number of hydrogen-bond donors (Lipinski definition) is 0. The van der Waals surface area contributed by atoms with Crippen molar-refractivity contribution in [2.24, 2.45) is 0 Å². The van der Waals surface area contributed by atoms with Crippen molar-refractivity contribution in [3.63, 3.8) is 0 Å². The molecule has 0 saturated heterocycles. The topological polar surface area (TPSA) is 25.8 Å². The number of thiophene rings is 1. The molecule has 0 atom stereocenters. The Morgan fingerprint density at radius 1 is 1.00 bits per heavy atom. The van der Waals surface area contributed by atoms with Crippen molar-refractivity contribution in [2.45, 2.75) is 13.8 Å². The molecular formula is C16H15ClN2S. The Hall–Kier alpha value is -1.71. The van der Waals surface area contributed by atoms with Gasteiger partial charge in [0.15, 0.2) is 5.82 Å². The summed E-state index contributed by atoms with van der Waals surface area (Å²) in [6, 6.07) is 12.1. The van der Waals surface area contributed by atoms with Gasteiger partial charge in [0.1, 0.15) is 0 Å². The predicted octanol–water partition coefficient (Wildman–Crippen LogP) is 4.91. The van der Waals surface area contributed by atoms with Crippen LogP contribution in [0.15, 0.2) is 48.0 Å². The minimum Gasteiger partial charge on any atom is -0.237 e. The molecule has 2 aromatic heterocycles. The van der Waals surface area contributed by atoms with Gasteiger partial charge in [-0.2, -0.15) is 0 Å². The number of aryl methyl sites for hydroxylation is 1. The number of rotatable bonds is 2. The van der Waals surface area contributed by atoms with Gasteiger partial charge in [-0.15, -0.1) is 23.7 Å². The van der Waals surface area contributed by atoms with E-state index in [2.05, 4.69) is 29.2 Å². The highest BCUT2D eigenvalue weighted by molar-refractivity contribution is 7.13. The Labute approximate surface area is 129 Å². The molecule has 0 fully saturated rings. The number of nitrogens with zero attached hydrogens (tertiary/aromatic N) is 2. The van der Waals surface area contributed by atoms with Gasteiger partial charge in [-0.3, -0.25) is 0 Å². The van der Waals surface area contributed by atoms with Crippen LogP contribution >= 0.6 is 23.7 Å². The first-order chi connectivity index (χ1) is 9.25. The van der Waals surface area contributed by atoms with Crippen LogP contribution in [0.25, 0.3) is 22.0 Å². The minimum atomic E-state index is 0. The first-order valence-electron chi connectivity index (χ1n) is 6.19. The van der Waals surface area contributed by atoms with E-state index in [-0.39, 0.29) is 12.4 Å². The molecule has 0 aliphatic heterocycles. The summed E-state index contributed by atoms with van der Waals surface area (Å²) >= 11 is 1.74. The lowest BCUT2D eigenvalue weighted by Crippen LogP contribution is -1.91. The van der Waals surface area contributed by atoms with Gasteiger partial charge in [0.2, 0.25) is 0 Å². The molecule has 3 aromatic rings. The van der Waals surface area contributed by atoms with E-state index in [4.69, 9.17) is 0 Å². The molecule has 0 saturated carbocycles. The van der Waals surface area contributed by atoms with E-state index in [9.17, 15) is 0 Å². The molecule has 0 spiro atoms. The molecule has 0 radical (unpaired) electrons. The average molecular weight is 303 g/mol. The molecular weight excluding hydrogens is 288 g/mol. The third-order valence-corrected chi connectivity index (χ3v) is 4.43. The average Bonchev–Trinajstić information content (AvgIpc) is 2.80. The standard InChI is InChI=1S/C16H14N2S.ClH/c1-11-10-19-15(12(11)2)14-8-9-17-16(18-14)13-6-4-3-5-7-13;/h3-10H,1-2H3;1H. The molecule has 1 aromatic carbocycles. The maximum Gasteiger partial charge on any atom is 0.159 e. The van der Waals surface area contributed by atoms with Crippen molar-refractivity contribution in [1.29, 1.82) is 0 Å². The molecule has 0 unspecified atom stereocenters. The van der Waals surface area contributed by atoms with Crippen LogP contribution in [0, 0.1) is 13.8 Å². The van der Waals surface area contributed by atoms with E-state index >= 15 is 0 Å². The number of hydrogen-bond acceptors (Lipinski definition) is 3. The minimum absolute atomic E-state index is 0. The maximum absolute atomic E-state index is 4.69. The fourth-order valence-electron chi connectivity index (χ4n) is 1.97. The Bertz CT molecular complexity index is 708. The molecule has 0 amide bonds. The van der Waals surface area contributed by atoms with Crippen molar-refractivity contribution in [1.82, 2.24) is 9.97 Å². The van der Waals surface area contributed by atoms with Gasteiger partial charge in [-0.05, 0) is 36.4 Å². The second-order valence-electron chi connectivity index (χ2n) is 4.50. The van der Waals surface area contributed by atoms with Crippen LogP contribution in [0.4, 0.5) is 0 Å². The molecule has 4 heteroatoms. The molecule has 20 heavy (non-hydrogen) atoms. The van der Waals surface area contributed by atoms with E-state index in [0.29, 0.717) is 0 Å². The van der Waals surface area contributed by atoms with Crippen LogP contribution in [-0.4, -0.2) is 9.97 Å². The van der Waals surface area contributed by atoms with Gasteiger partial charge in [0, 0.05) is 11.8 Å². The second-order valence-corrected chi connectivity index (χ2v) is 5.38. The van der Waals surface area contributed by atoms with Gasteiger partial charge < -0.3 is 0 Å². The zero-order chi connectivity index (χ0) is 13.2. The fourth-order valence-corrected chi connectivity index (χ4v) is 3.01. The van der Waals surface area contributed by atoms with Gasteiger partial charge >= 0.3 is 0 Å². The third-order valence-electron chi connectivity index (χ3n) is 3.21. The SMILES string of the molecule is Cc1csc(-c2ccnc(-c3ccccc3)n2)c1C.Cl. The normalized spacial score (nSPS) is 10.1. The third kappa shape index (κ3) is 2.74. The Balaban J connectivity index is 0.00000147. The maximum atomic E-state index is 4.69. The van der Waals surface area contributed by atoms with Crippen molar-refractivity contribution in [3.05, 3.63) is 59.1 Å². The molecule has 3 rings (SSSR count). The van der Waals surface area contributed by atoms with Crippen LogP contribution in [0.1, 0.15) is 11.1 Å². The molecule has 0 N–H and O–H groups in total. The lowest BCUT2D eigenvalue weighted by Gasteiger charge is -2.03. The highest BCUT2D eigenvalue weighted by Gasteiger charge is 2.09. The zero-order valence-corrected chi connectivity index (χ0v) is 13.0. The summed E-state index contributed by atoms with van der Waals surface area (Å²) in [6.45, 7) is 4.28. The van der Waals surface area contributed by atoms with Crippen LogP contribution in [0.5, 0.6) is 0 Å². The summed E-state index contributed by atoms with van der Waals surface area (Å²) in [7, 11) is 0. The van der Waals surface area contributed by atoms with E-state index in [1.165, 1.54) is 16.0 Å². The van der Waals surface area contributed by atoms with Crippen molar-refractivity contribution >= 4 is 23.7 Å². The highest BCUT2D eigenvalue weighted by atomic mass is 35.5. The van der Waals surface area contributed by atoms with Crippen LogP contribution < -0.4 is 0 Å². The quantitative estimate of drug-likeness (QED) is 0.672. The summed E-state index contributed by atoms with van der Waals surface area (Å²) < 4.78 is 0. The first kappa shape index (κ1) is 14.7. The van der Waals surface area contributed by atoms with E-state index in [1.54, 1.807) is 11.3 Å². The molecule has 0 bridgehead atoms. The van der Waals surface area contributed by atoms with Crippen LogP contribution in [0.3, 0.4) is 0 Å². The van der Waals surface area contributed by atoms with Gasteiger partial charge in [0.05, 0.1) is 10.6 Å². The molecule has 102 valence electrons. The van der Waals surface area contributed by atoms with Crippen LogP contribution in [-0.2, 0) is 0 Å². The van der Waals surface area contributed by atoms with Gasteiger partial charge in [0.25, 0.3) is 0 Å². The van der Waals surface area contributed by atoms with E-state index in [0.717, 1.165) is 17.1 Å². The largest absolute Gasteiger partial charge is 0.237 e. The van der Waals surface area contributed by atoms with Crippen molar-refractivity contribution < 1.29 is 0 Å². The smallest absolute Gasteiger partial charge is 0.159 e. The van der Waals surface area contributed by atoms with E-state index in [1.807, 2.05) is 42.6 Å². The van der Waals surface area contributed by atoms with Crippen molar-refractivity contribution in [2.75, 3.05) is 0 Å². The monoisotopic (exact) mass is 302 g/mol. The summed E-state index contributed by atoms with van der Waals surface area (Å²) in [4.78, 5) is 10.3. The molecule has 2 nitrogen and oxygen atoms in total. The fraction of sp³-hybridized carbons (Fsp3) is 0.125. The Morgan fingerprint density at radius 2 is 1.75 bits per heavy atom. The van der Waals surface area contributed by atoms with Gasteiger partial charge in [-0.1, -0.05) is 30.3 Å². The molecule has 0 aliphatic rings. The highest BCUT2D eigenvalue weighted by Crippen LogP contribution is 2.31. The molecule has 2 heterocycles. The number of benzene rings is 1. The predicted molar refractivity (Wildman–Crippen MR) is 87.5 cm³/mol. The second kappa shape index (κ2) is 6.16. The lowest BCUT2D eigenvalue weighted by atomic mass is 10.1. The summed E-state index contributed by atoms with van der Waals surface area (Å²) in [6.07, 6.45) is 1.83. The summed E-state index contributed by atoms with van der Waals surface area (Å²) in [5.74, 6) is 0.781. The lowest BCUT2D eigenvalue weighted by molar-refractivity contribution is 1.18. The van der Waals surface area contributed by atoms with E-state index < -0.39 is 0 Å². The zero-order valence-electron chi connectivity index (χ0n) is 11.3. The number of halogens is 1. The van der Waals surface area contributed by atoms with Crippen LogP contribution in [0.2, 0.25) is 0 Å². The summed E-state index contributed by atoms with van der Waals surface area (Å²) in [5.41, 5.74) is 4.68. The summed E-state index contributed by atoms with van der Waals surface area (Å²) in [5, 5.41) is 2.18. The van der Waals surface area contributed by atoms with Gasteiger partial charge in [-0.25, -0.2) is 9.97 Å². The Kier molecular flexibility index (Phi) is 4.53. The first-order valence-corrected chi connectivity index (χ1v) is 7.07. The van der Waals surface area contributed by atoms with Crippen molar-refractivity contribution in [3.8, 4) is 22.0 Å².